The van der Waals surface area contributed by atoms with Gasteiger partial charge in [-0.25, -0.2) is 4.99 Å². The summed E-state index contributed by atoms with van der Waals surface area (Å²) in [5.74, 6) is 0. The van der Waals surface area contributed by atoms with Gasteiger partial charge in [-0.05, 0) is 12.1 Å². The maximum absolute atomic E-state index is 3.92. The summed E-state index contributed by atoms with van der Waals surface area (Å²) in [4.78, 5) is 6.85. The highest BCUT2D eigenvalue weighted by atomic mass is 14.8. The zero-order valence-electron chi connectivity index (χ0n) is 5.04. The molecule has 2 nitrogen and oxygen atoms in total. The molecular formula is C7H8N2. The lowest BCUT2D eigenvalue weighted by molar-refractivity contribution is 1.15. The first-order valence-corrected chi connectivity index (χ1v) is 2.72. The van der Waals surface area contributed by atoms with E-state index in [4.69, 9.17) is 0 Å². The van der Waals surface area contributed by atoms with Crippen LogP contribution in [0, 0.1) is 0 Å². The van der Waals surface area contributed by atoms with Crippen molar-refractivity contribution >= 4 is 0 Å². The van der Waals surface area contributed by atoms with Gasteiger partial charge in [-0.3, -0.25) is 0 Å². The number of H-pyrrole nitrogens is 1. The van der Waals surface area contributed by atoms with E-state index in [0.29, 0.717) is 0 Å². The summed E-state index contributed by atoms with van der Waals surface area (Å²) in [5, 5.41) is 0. The number of aromatic amines is 1. The van der Waals surface area contributed by atoms with Crippen LogP contribution in [-0.2, 0) is 0 Å². The monoisotopic (exact) mass is 120 g/mol. The molecule has 1 N–H and O–H groups in total. The minimum absolute atomic E-state index is 0.826. The highest BCUT2D eigenvalue weighted by Gasteiger charge is 1.70. The minimum atomic E-state index is 0.826. The van der Waals surface area contributed by atoms with Gasteiger partial charge in [0.25, 0.3) is 0 Å². The molecule has 0 fully saturated rings. The molecule has 0 aliphatic carbocycles. The molecule has 0 bridgehead atoms. The summed E-state index contributed by atoms with van der Waals surface area (Å²) in [6.45, 7) is 3.47. The van der Waals surface area contributed by atoms with E-state index >= 15 is 0 Å². The summed E-state index contributed by atoms with van der Waals surface area (Å²) in [6, 6.07) is 5.70. The molecule has 0 saturated heterocycles. The molecular weight excluding hydrogens is 112 g/mol. The Labute approximate surface area is 53.6 Å². The summed E-state index contributed by atoms with van der Waals surface area (Å²) >= 11 is 0. The van der Waals surface area contributed by atoms with Crippen LogP contribution in [0.1, 0.15) is 0 Å². The Kier molecular flexibility index (Phi) is 1.85. The van der Waals surface area contributed by atoms with E-state index < -0.39 is 0 Å². The smallest absolute Gasteiger partial charge is 0.129 e. The first kappa shape index (κ1) is 5.82. The third-order valence-electron chi connectivity index (χ3n) is 0.923. The van der Waals surface area contributed by atoms with Gasteiger partial charge in [0, 0.05) is 12.4 Å². The number of hydrogen-bond acceptors (Lipinski definition) is 1. The second-order valence-corrected chi connectivity index (χ2v) is 1.56. The molecule has 0 aliphatic rings. The number of hydrogen-bond donors (Lipinski definition) is 1. The van der Waals surface area contributed by atoms with Crippen LogP contribution in [-0.4, -0.2) is 4.98 Å². The van der Waals surface area contributed by atoms with E-state index in [1.54, 1.807) is 0 Å². The van der Waals surface area contributed by atoms with Crippen LogP contribution >= 0.6 is 0 Å². The van der Waals surface area contributed by atoms with Crippen molar-refractivity contribution in [2.75, 3.05) is 0 Å². The maximum atomic E-state index is 3.92. The van der Waals surface area contributed by atoms with E-state index in [1.807, 2.05) is 24.4 Å². The molecule has 0 spiro atoms. The molecule has 1 heterocycles. The van der Waals surface area contributed by atoms with Gasteiger partial charge in [0.05, 0.1) is 0 Å². The largest absolute Gasteiger partial charge is 0.347 e. The topological polar surface area (TPSA) is 28.1 Å². The van der Waals surface area contributed by atoms with Gasteiger partial charge in [0.15, 0.2) is 0 Å². The lowest BCUT2D eigenvalue weighted by Crippen LogP contribution is -2.02. The SMILES string of the molecule is C=C/N=c1/cccc[nH]1. The molecule has 46 valence electrons. The zero-order valence-corrected chi connectivity index (χ0v) is 5.04. The van der Waals surface area contributed by atoms with Gasteiger partial charge >= 0.3 is 0 Å². The second-order valence-electron chi connectivity index (χ2n) is 1.56. The van der Waals surface area contributed by atoms with E-state index in [2.05, 4.69) is 16.6 Å². The first-order valence-electron chi connectivity index (χ1n) is 2.72. The summed E-state index contributed by atoms with van der Waals surface area (Å²) < 4.78 is 0. The fraction of sp³-hybridized carbons (Fsp3) is 0. The highest BCUT2D eigenvalue weighted by Crippen LogP contribution is 1.70. The van der Waals surface area contributed by atoms with E-state index in [0.717, 1.165) is 5.49 Å². The van der Waals surface area contributed by atoms with Crippen LogP contribution in [0.5, 0.6) is 0 Å². The Bertz CT molecular complexity index is 230. The van der Waals surface area contributed by atoms with Crippen LogP contribution in [0.15, 0.2) is 42.2 Å². The molecule has 0 atom stereocenters. The van der Waals surface area contributed by atoms with E-state index in [9.17, 15) is 0 Å². The van der Waals surface area contributed by atoms with Crippen molar-refractivity contribution in [3.8, 4) is 0 Å². The van der Waals surface area contributed by atoms with Crippen LogP contribution in [0.3, 0.4) is 0 Å². The molecule has 0 amide bonds. The molecule has 1 aromatic heterocycles. The van der Waals surface area contributed by atoms with Gasteiger partial charge < -0.3 is 4.98 Å². The standard InChI is InChI=1S/C7H8N2/c1-2-8-7-5-3-4-6-9-7/h2-6H,1H2,(H,8,9). The fourth-order valence-electron chi connectivity index (χ4n) is 0.563. The molecule has 0 radical (unpaired) electrons. The molecule has 9 heavy (non-hydrogen) atoms. The van der Waals surface area contributed by atoms with E-state index in [-0.39, 0.29) is 0 Å². The van der Waals surface area contributed by atoms with Gasteiger partial charge in [-0.1, -0.05) is 12.6 Å². The summed E-state index contributed by atoms with van der Waals surface area (Å²) in [7, 11) is 0. The summed E-state index contributed by atoms with van der Waals surface area (Å²) in [6.07, 6.45) is 3.33. The number of nitrogens with zero attached hydrogens (tertiary/aromatic N) is 1. The van der Waals surface area contributed by atoms with Crippen LogP contribution in [0.25, 0.3) is 0 Å². The number of rotatable bonds is 1. The Morgan fingerprint density at radius 1 is 1.56 bits per heavy atom. The van der Waals surface area contributed by atoms with Gasteiger partial charge in [0.1, 0.15) is 5.49 Å². The Morgan fingerprint density at radius 3 is 3.00 bits per heavy atom. The van der Waals surface area contributed by atoms with Crippen molar-refractivity contribution in [1.82, 2.24) is 4.98 Å². The predicted molar refractivity (Wildman–Crippen MR) is 36.6 cm³/mol. The van der Waals surface area contributed by atoms with Crippen LogP contribution in [0.4, 0.5) is 0 Å². The van der Waals surface area contributed by atoms with Crippen LogP contribution < -0.4 is 5.49 Å². The van der Waals surface area contributed by atoms with Crippen molar-refractivity contribution < 1.29 is 0 Å². The molecule has 2 heteroatoms. The number of aromatic nitrogens is 1. The average Bonchev–Trinajstić information content (AvgIpc) is 1.91. The maximum Gasteiger partial charge on any atom is 0.129 e. The zero-order chi connectivity index (χ0) is 6.53. The Balaban J connectivity index is 3.11. The molecule has 0 aliphatic heterocycles. The van der Waals surface area contributed by atoms with Gasteiger partial charge in [-0.15, -0.1) is 0 Å². The average molecular weight is 120 g/mol. The predicted octanol–water partition coefficient (Wildman–Crippen LogP) is 1.06. The normalized spacial score (nSPS) is 11.3. The third kappa shape index (κ3) is 1.57. The molecule has 0 saturated carbocycles. The highest BCUT2D eigenvalue weighted by molar-refractivity contribution is 4.90. The quantitative estimate of drug-likeness (QED) is 0.574. The molecule has 1 rings (SSSR count). The van der Waals surface area contributed by atoms with Gasteiger partial charge in [0.2, 0.25) is 0 Å². The molecule has 0 aromatic carbocycles. The van der Waals surface area contributed by atoms with Crippen molar-refractivity contribution in [2.45, 2.75) is 0 Å². The second kappa shape index (κ2) is 2.87. The Hall–Kier alpha value is -1.31. The van der Waals surface area contributed by atoms with Crippen molar-refractivity contribution in [3.05, 3.63) is 42.7 Å². The lowest BCUT2D eigenvalue weighted by Gasteiger charge is -1.81. The minimum Gasteiger partial charge on any atom is -0.347 e. The lowest BCUT2D eigenvalue weighted by atomic mass is 10.5. The van der Waals surface area contributed by atoms with Crippen molar-refractivity contribution in [2.24, 2.45) is 4.99 Å². The van der Waals surface area contributed by atoms with Crippen molar-refractivity contribution in [1.29, 1.82) is 0 Å². The van der Waals surface area contributed by atoms with Crippen molar-refractivity contribution in [3.63, 3.8) is 0 Å². The molecule has 1 aromatic rings. The Morgan fingerprint density at radius 2 is 2.44 bits per heavy atom. The number of pyridine rings is 1. The number of nitrogens with one attached hydrogen (secondary N) is 1. The molecule has 0 unspecified atom stereocenters. The third-order valence-corrected chi connectivity index (χ3v) is 0.923. The van der Waals surface area contributed by atoms with Gasteiger partial charge in [-0.2, -0.15) is 0 Å². The van der Waals surface area contributed by atoms with Crippen LogP contribution in [0.2, 0.25) is 0 Å². The fourth-order valence-corrected chi connectivity index (χ4v) is 0.563. The first-order chi connectivity index (χ1) is 4.43. The van der Waals surface area contributed by atoms with E-state index in [1.165, 1.54) is 6.20 Å². The summed E-state index contributed by atoms with van der Waals surface area (Å²) in [5.41, 5.74) is 0.826.